The Labute approximate surface area is 421 Å². The third-order valence-corrected chi connectivity index (χ3v) is 18.0. The highest BCUT2D eigenvalue weighted by molar-refractivity contribution is 6.13. The van der Waals surface area contributed by atoms with Crippen molar-refractivity contribution in [1.29, 1.82) is 0 Å². The zero-order valence-electron chi connectivity index (χ0n) is 40.0. The van der Waals surface area contributed by atoms with Gasteiger partial charge in [-0.3, -0.25) is 4.57 Å². The zero-order chi connectivity index (χ0) is 47.5. The van der Waals surface area contributed by atoms with Gasteiger partial charge in [0.1, 0.15) is 11.2 Å². The van der Waals surface area contributed by atoms with Gasteiger partial charge in [0.25, 0.3) is 0 Å². The number of para-hydroxylation sites is 3. The molecule has 9 aromatic carbocycles. The normalized spacial score (nSPS) is 20.7. The summed E-state index contributed by atoms with van der Waals surface area (Å²) in [7, 11) is 0. The lowest BCUT2D eigenvalue weighted by Crippen LogP contribution is -2.55. The maximum Gasteiger partial charge on any atom is 0.238 e. The molecule has 4 aromatic heterocycles. The Morgan fingerprint density at radius 1 is 0.370 bits per heavy atom. The molecule has 0 aliphatic heterocycles. The van der Waals surface area contributed by atoms with E-state index in [4.69, 9.17) is 19.4 Å². The third-order valence-electron chi connectivity index (χ3n) is 18.0. The predicted octanol–water partition coefficient (Wildman–Crippen LogP) is 16.7. The number of hydrogen-bond donors (Lipinski definition) is 0. The Kier molecular flexibility index (Phi) is 8.08. The van der Waals surface area contributed by atoms with Gasteiger partial charge in [0, 0.05) is 54.5 Å². The highest BCUT2D eigenvalue weighted by Crippen LogP contribution is 2.69. The van der Waals surface area contributed by atoms with Crippen molar-refractivity contribution in [3.63, 3.8) is 0 Å². The summed E-state index contributed by atoms with van der Waals surface area (Å²) in [6.07, 6.45) is 6.98. The van der Waals surface area contributed by atoms with E-state index in [0.717, 1.165) is 84.1 Å². The fourth-order valence-corrected chi connectivity index (χ4v) is 15.3. The Balaban J connectivity index is 0.807. The van der Waals surface area contributed by atoms with Gasteiger partial charge in [-0.05, 0) is 162 Å². The Morgan fingerprint density at radius 3 is 1.66 bits per heavy atom. The van der Waals surface area contributed by atoms with Crippen LogP contribution in [-0.4, -0.2) is 24.1 Å². The van der Waals surface area contributed by atoms with Crippen molar-refractivity contribution in [2.75, 3.05) is 0 Å². The summed E-state index contributed by atoms with van der Waals surface area (Å²) in [5.74, 6) is 5.05. The van der Waals surface area contributed by atoms with Crippen molar-refractivity contribution in [1.82, 2.24) is 24.1 Å². The first-order valence-corrected chi connectivity index (χ1v) is 26.2. The number of hydrogen-bond acceptors (Lipinski definition) is 4. The molecular weight excluding hydrogens is 891 g/mol. The maximum atomic E-state index is 6.21. The second-order valence-corrected chi connectivity index (χ2v) is 21.6. The highest BCUT2D eigenvalue weighted by atomic mass is 16.3. The molecule has 346 valence electrons. The van der Waals surface area contributed by atoms with Gasteiger partial charge in [-0.15, -0.1) is 0 Å². The second kappa shape index (κ2) is 14.7. The van der Waals surface area contributed by atoms with E-state index < -0.39 is 0 Å². The van der Waals surface area contributed by atoms with Gasteiger partial charge >= 0.3 is 0 Å². The summed E-state index contributed by atoms with van der Waals surface area (Å²) >= 11 is 0. The van der Waals surface area contributed by atoms with Crippen LogP contribution in [0.25, 0.3) is 122 Å². The average molecular weight is 938 g/mol. The van der Waals surface area contributed by atoms with Crippen molar-refractivity contribution in [3.8, 4) is 56.7 Å². The van der Waals surface area contributed by atoms with E-state index in [1.165, 1.54) is 76.3 Å². The molecule has 18 rings (SSSR count). The van der Waals surface area contributed by atoms with E-state index >= 15 is 0 Å². The highest BCUT2D eigenvalue weighted by Gasteiger charge is 2.61. The second-order valence-electron chi connectivity index (χ2n) is 21.6. The Hall–Kier alpha value is -8.61. The van der Waals surface area contributed by atoms with Crippen molar-refractivity contribution in [2.45, 2.75) is 37.5 Å². The first kappa shape index (κ1) is 40.0. The monoisotopic (exact) mass is 937 g/mol. The largest absolute Gasteiger partial charge is 0.456 e. The van der Waals surface area contributed by atoms with Crippen LogP contribution in [0.2, 0.25) is 0 Å². The summed E-state index contributed by atoms with van der Waals surface area (Å²) in [6, 6.07) is 73.1. The molecule has 4 fully saturated rings. The minimum absolute atomic E-state index is 0.115. The summed E-state index contributed by atoms with van der Waals surface area (Å²) in [5.41, 5.74) is 17.9. The quantitative estimate of drug-likeness (QED) is 0.172. The van der Waals surface area contributed by atoms with Gasteiger partial charge < -0.3 is 8.98 Å². The topological polar surface area (TPSA) is 61.7 Å². The van der Waals surface area contributed by atoms with Crippen molar-refractivity contribution < 1.29 is 4.42 Å². The van der Waals surface area contributed by atoms with Gasteiger partial charge in [0.05, 0.1) is 22.1 Å². The number of rotatable bonds is 5. The summed E-state index contributed by atoms with van der Waals surface area (Å²) in [6.45, 7) is 0. The molecule has 4 saturated carbocycles. The van der Waals surface area contributed by atoms with E-state index in [2.05, 4.69) is 161 Å². The molecule has 13 aromatic rings. The van der Waals surface area contributed by atoms with Crippen LogP contribution >= 0.6 is 0 Å². The first-order valence-electron chi connectivity index (χ1n) is 26.2. The number of benzene rings is 9. The molecule has 6 heteroatoms. The van der Waals surface area contributed by atoms with Crippen LogP contribution in [-0.2, 0) is 5.41 Å². The van der Waals surface area contributed by atoms with Gasteiger partial charge in [-0.25, -0.2) is 4.98 Å². The van der Waals surface area contributed by atoms with Crippen LogP contribution in [0.5, 0.6) is 0 Å². The molecule has 0 amide bonds. The SMILES string of the molecule is c1ccc(-c2nc(-c3ccc4oc5ccccc5c4c3)nc(-n3c4ccccc4c4cc(-c5ccc6c(c5)c5ccccc5n6-c5ccc6c(c5)C5(c7ccccc7-6)C6CC7CC(C6)CC5C7)ccc43)n2)cc1. The van der Waals surface area contributed by atoms with Gasteiger partial charge in [-0.2, -0.15) is 9.97 Å². The Morgan fingerprint density at radius 2 is 0.918 bits per heavy atom. The average Bonchev–Trinajstić information content (AvgIpc) is 4.17. The van der Waals surface area contributed by atoms with Crippen LogP contribution in [0.15, 0.2) is 205 Å². The van der Waals surface area contributed by atoms with E-state index in [9.17, 15) is 0 Å². The van der Waals surface area contributed by atoms with Gasteiger partial charge in [-0.1, -0.05) is 127 Å². The van der Waals surface area contributed by atoms with E-state index in [1.807, 2.05) is 48.5 Å². The molecule has 0 atom stereocenters. The molecule has 0 saturated heterocycles. The van der Waals surface area contributed by atoms with Crippen molar-refractivity contribution in [2.24, 2.45) is 23.7 Å². The molecular formula is C67H47N5O. The minimum Gasteiger partial charge on any atom is -0.456 e. The number of furan rings is 1. The first-order chi connectivity index (χ1) is 36.1. The molecule has 5 aliphatic rings. The van der Waals surface area contributed by atoms with Crippen molar-refractivity contribution >= 4 is 65.6 Å². The molecule has 5 aliphatic carbocycles. The summed E-state index contributed by atoms with van der Waals surface area (Å²) in [4.78, 5) is 15.7. The fraction of sp³-hybridized carbons (Fsp3) is 0.149. The van der Waals surface area contributed by atoms with E-state index in [0.29, 0.717) is 17.6 Å². The number of fused-ring (bicyclic) bond motifs is 12. The minimum atomic E-state index is 0.115. The van der Waals surface area contributed by atoms with Crippen LogP contribution in [0.1, 0.15) is 43.2 Å². The molecule has 4 heterocycles. The molecule has 6 nitrogen and oxygen atoms in total. The zero-order valence-corrected chi connectivity index (χ0v) is 40.0. The fourth-order valence-electron chi connectivity index (χ4n) is 15.3. The summed E-state index contributed by atoms with van der Waals surface area (Å²) < 4.78 is 11.0. The lowest BCUT2D eigenvalue weighted by atomic mass is 9.43. The predicted molar refractivity (Wildman–Crippen MR) is 295 cm³/mol. The van der Waals surface area contributed by atoms with Crippen LogP contribution < -0.4 is 0 Å². The lowest BCUT2D eigenvalue weighted by Gasteiger charge is -2.61. The van der Waals surface area contributed by atoms with Crippen LogP contribution in [0.4, 0.5) is 0 Å². The Bertz CT molecular complexity index is 4450. The molecule has 0 unspecified atom stereocenters. The molecule has 73 heavy (non-hydrogen) atoms. The number of nitrogens with zero attached hydrogens (tertiary/aromatic N) is 5. The van der Waals surface area contributed by atoms with Crippen LogP contribution in [0, 0.1) is 23.7 Å². The van der Waals surface area contributed by atoms with Crippen molar-refractivity contribution in [3.05, 3.63) is 211 Å². The molecule has 0 radical (unpaired) electrons. The third kappa shape index (κ3) is 5.55. The standard InChI is InChI=1S/C67H47N5O/c1-2-12-41(13-3-1)64-68-65(44-24-29-63-55(37-44)52-17-7-11-21-62(52)73-63)70-66(69-64)72-59-20-10-6-16-51(59)54-36-43(23-28-61(54)72)42-22-27-60-53(35-42)50-15-5-9-19-58(50)71(60)47-25-26-49-48-14-4-8-18-56(48)67(57(49)38-47)45-31-39-30-40(33-45)34-46(67)32-39/h1-29,35-40,45-46H,30-34H2. The summed E-state index contributed by atoms with van der Waals surface area (Å²) in [5, 5.41) is 6.91. The van der Waals surface area contributed by atoms with E-state index in [-0.39, 0.29) is 5.41 Å². The van der Waals surface area contributed by atoms with Gasteiger partial charge in [0.15, 0.2) is 11.6 Å². The molecule has 0 N–H and O–H groups in total. The molecule has 1 spiro atoms. The number of aromatic nitrogens is 5. The van der Waals surface area contributed by atoms with Crippen LogP contribution in [0.3, 0.4) is 0 Å². The van der Waals surface area contributed by atoms with Gasteiger partial charge in [0.2, 0.25) is 5.95 Å². The smallest absolute Gasteiger partial charge is 0.238 e. The maximum absolute atomic E-state index is 6.21. The van der Waals surface area contributed by atoms with E-state index in [1.54, 1.807) is 11.1 Å². The lowest BCUT2D eigenvalue weighted by molar-refractivity contribution is -0.0399. The molecule has 4 bridgehead atoms.